The van der Waals surface area contributed by atoms with Crippen LogP contribution in [0.1, 0.15) is 71.6 Å². The molecule has 4 saturated carbocycles. The minimum Gasteiger partial charge on any atom is -0.379 e. The highest BCUT2D eigenvalue weighted by molar-refractivity contribution is 5.10. The molecule has 0 aromatic rings. The first-order chi connectivity index (χ1) is 10.3. The van der Waals surface area contributed by atoms with Gasteiger partial charge in [-0.2, -0.15) is 0 Å². The predicted octanol–water partition coefficient (Wildman–Crippen LogP) is 5.29. The highest BCUT2D eigenvalue weighted by atomic mass is 16.5. The molecule has 4 fully saturated rings. The van der Waals surface area contributed by atoms with Crippen LogP contribution in [0.25, 0.3) is 0 Å². The molecule has 4 rings (SSSR count). The Morgan fingerprint density at radius 3 is 2.57 bits per heavy atom. The number of rotatable bonds is 7. The maximum Gasteiger partial charge on any atom is 0.0544 e. The molecule has 0 saturated heterocycles. The summed E-state index contributed by atoms with van der Waals surface area (Å²) in [6.07, 6.45) is 13.8. The van der Waals surface area contributed by atoms with E-state index in [2.05, 4.69) is 13.8 Å². The molecule has 120 valence electrons. The Bertz CT molecular complexity index is 365. The standard InChI is InChI=1S/C20H34O/c1-3-13(2)21-9-5-4-6-14-10-17-12-18(14)20-16-8-7-15(11-16)19(17)20/h13-20H,3-12H2,1-2H3. The van der Waals surface area contributed by atoms with Crippen LogP contribution in [0.5, 0.6) is 0 Å². The highest BCUT2D eigenvalue weighted by Gasteiger charge is 2.61. The van der Waals surface area contributed by atoms with Crippen LogP contribution < -0.4 is 0 Å². The molecule has 0 N–H and O–H groups in total. The lowest BCUT2D eigenvalue weighted by Gasteiger charge is -2.38. The molecule has 0 aromatic heterocycles. The van der Waals surface area contributed by atoms with Crippen LogP contribution in [0, 0.1) is 41.4 Å². The zero-order valence-electron chi connectivity index (χ0n) is 14.1. The van der Waals surface area contributed by atoms with E-state index in [0.717, 1.165) is 36.7 Å². The van der Waals surface area contributed by atoms with Gasteiger partial charge in [0.2, 0.25) is 0 Å². The Balaban J connectivity index is 1.22. The molecule has 0 radical (unpaired) electrons. The Labute approximate surface area is 131 Å². The maximum atomic E-state index is 5.83. The van der Waals surface area contributed by atoms with Gasteiger partial charge in [-0.1, -0.05) is 19.8 Å². The topological polar surface area (TPSA) is 9.23 Å². The minimum atomic E-state index is 0.460. The van der Waals surface area contributed by atoms with Crippen LogP contribution in [-0.2, 0) is 4.74 Å². The summed E-state index contributed by atoms with van der Waals surface area (Å²) < 4.78 is 5.83. The van der Waals surface area contributed by atoms with Gasteiger partial charge in [0.25, 0.3) is 0 Å². The van der Waals surface area contributed by atoms with Crippen molar-refractivity contribution in [2.75, 3.05) is 6.61 Å². The van der Waals surface area contributed by atoms with Gasteiger partial charge in [0.15, 0.2) is 0 Å². The van der Waals surface area contributed by atoms with E-state index in [-0.39, 0.29) is 0 Å². The third-order valence-electron chi connectivity index (χ3n) is 7.82. The first-order valence-electron chi connectivity index (χ1n) is 9.89. The molecule has 0 aliphatic heterocycles. The van der Waals surface area contributed by atoms with E-state index in [4.69, 9.17) is 4.74 Å². The van der Waals surface area contributed by atoms with Crippen molar-refractivity contribution in [3.63, 3.8) is 0 Å². The molecule has 0 heterocycles. The summed E-state index contributed by atoms with van der Waals surface area (Å²) in [6, 6.07) is 0. The lowest BCUT2D eigenvalue weighted by molar-refractivity contribution is 0.0576. The lowest BCUT2D eigenvalue weighted by Crippen LogP contribution is -2.32. The van der Waals surface area contributed by atoms with Crippen molar-refractivity contribution in [3.8, 4) is 0 Å². The zero-order valence-corrected chi connectivity index (χ0v) is 14.1. The fourth-order valence-corrected chi connectivity index (χ4v) is 6.95. The third kappa shape index (κ3) is 2.48. The molecule has 0 spiro atoms. The Kier molecular flexibility index (Phi) is 4.07. The maximum absolute atomic E-state index is 5.83. The highest BCUT2D eigenvalue weighted by Crippen LogP contribution is 2.69. The molecule has 0 aromatic carbocycles. The van der Waals surface area contributed by atoms with Crippen molar-refractivity contribution >= 4 is 0 Å². The van der Waals surface area contributed by atoms with E-state index in [1.165, 1.54) is 37.0 Å². The summed E-state index contributed by atoms with van der Waals surface area (Å²) in [6.45, 7) is 5.41. The predicted molar refractivity (Wildman–Crippen MR) is 87.1 cm³/mol. The summed E-state index contributed by atoms with van der Waals surface area (Å²) in [7, 11) is 0. The van der Waals surface area contributed by atoms with Crippen LogP contribution in [-0.4, -0.2) is 12.7 Å². The van der Waals surface area contributed by atoms with Gasteiger partial charge in [-0.15, -0.1) is 0 Å². The number of hydrogen-bond donors (Lipinski definition) is 0. The van der Waals surface area contributed by atoms with Crippen LogP contribution >= 0.6 is 0 Å². The number of fused-ring (bicyclic) bond motifs is 9. The molecule has 4 aliphatic carbocycles. The second-order valence-corrected chi connectivity index (χ2v) is 8.73. The Hall–Kier alpha value is -0.0400. The van der Waals surface area contributed by atoms with E-state index < -0.39 is 0 Å². The molecule has 4 aliphatic rings. The van der Waals surface area contributed by atoms with Gasteiger partial charge in [-0.25, -0.2) is 0 Å². The first kappa shape index (κ1) is 14.5. The largest absolute Gasteiger partial charge is 0.379 e. The van der Waals surface area contributed by atoms with Crippen LogP contribution in [0.3, 0.4) is 0 Å². The number of ether oxygens (including phenoxy) is 1. The monoisotopic (exact) mass is 290 g/mol. The van der Waals surface area contributed by atoms with Crippen LogP contribution in [0.15, 0.2) is 0 Å². The summed E-state index contributed by atoms with van der Waals surface area (Å²) in [5, 5.41) is 0. The van der Waals surface area contributed by atoms with Crippen molar-refractivity contribution in [1.82, 2.24) is 0 Å². The second kappa shape index (κ2) is 5.87. The molecule has 0 amide bonds. The van der Waals surface area contributed by atoms with Gasteiger partial charge >= 0.3 is 0 Å². The second-order valence-electron chi connectivity index (χ2n) is 8.73. The number of hydrogen-bond acceptors (Lipinski definition) is 1. The third-order valence-corrected chi connectivity index (χ3v) is 7.82. The molecule has 1 heteroatoms. The van der Waals surface area contributed by atoms with Gasteiger partial charge in [0, 0.05) is 6.61 Å². The quantitative estimate of drug-likeness (QED) is 0.457. The van der Waals surface area contributed by atoms with Gasteiger partial charge in [0.1, 0.15) is 0 Å². The fourth-order valence-electron chi connectivity index (χ4n) is 6.95. The van der Waals surface area contributed by atoms with Gasteiger partial charge < -0.3 is 4.74 Å². The SMILES string of the molecule is CCC(C)OCCCCC1CC2CC1C1C3CCC(C3)C21. The molecule has 4 bridgehead atoms. The van der Waals surface area contributed by atoms with Gasteiger partial charge in [-0.3, -0.25) is 0 Å². The van der Waals surface area contributed by atoms with Gasteiger partial charge in [0.05, 0.1) is 6.10 Å². The molecule has 21 heavy (non-hydrogen) atoms. The molecule has 8 atom stereocenters. The van der Waals surface area contributed by atoms with E-state index >= 15 is 0 Å². The summed E-state index contributed by atoms with van der Waals surface area (Å²) in [5.41, 5.74) is 0. The van der Waals surface area contributed by atoms with Gasteiger partial charge in [-0.05, 0) is 93.3 Å². The minimum absolute atomic E-state index is 0.460. The summed E-state index contributed by atoms with van der Waals surface area (Å²) >= 11 is 0. The van der Waals surface area contributed by atoms with Crippen molar-refractivity contribution in [2.24, 2.45) is 41.4 Å². The van der Waals surface area contributed by atoms with E-state index in [1.807, 2.05) is 0 Å². The molecule has 1 nitrogen and oxygen atoms in total. The Morgan fingerprint density at radius 2 is 1.76 bits per heavy atom. The van der Waals surface area contributed by atoms with Crippen LogP contribution in [0.2, 0.25) is 0 Å². The average molecular weight is 290 g/mol. The zero-order chi connectivity index (χ0) is 14.4. The van der Waals surface area contributed by atoms with Crippen molar-refractivity contribution in [2.45, 2.75) is 77.7 Å². The van der Waals surface area contributed by atoms with Crippen molar-refractivity contribution < 1.29 is 4.74 Å². The normalized spacial score (nSPS) is 48.0. The number of unbranched alkanes of at least 4 members (excludes halogenated alkanes) is 1. The van der Waals surface area contributed by atoms with E-state index in [1.54, 1.807) is 32.1 Å². The Morgan fingerprint density at radius 1 is 0.952 bits per heavy atom. The average Bonchev–Trinajstić information content (AvgIpc) is 3.24. The van der Waals surface area contributed by atoms with E-state index in [0.29, 0.717) is 6.10 Å². The van der Waals surface area contributed by atoms with E-state index in [9.17, 15) is 0 Å². The summed E-state index contributed by atoms with van der Waals surface area (Å²) in [5.74, 6) is 8.09. The van der Waals surface area contributed by atoms with Crippen LogP contribution in [0.4, 0.5) is 0 Å². The molecular weight excluding hydrogens is 256 g/mol. The van der Waals surface area contributed by atoms with Crippen molar-refractivity contribution in [3.05, 3.63) is 0 Å². The van der Waals surface area contributed by atoms with Crippen molar-refractivity contribution in [1.29, 1.82) is 0 Å². The fraction of sp³-hybridized carbons (Fsp3) is 1.00. The smallest absolute Gasteiger partial charge is 0.0544 e. The molecule has 8 unspecified atom stereocenters. The molecular formula is C20H34O. The first-order valence-corrected chi connectivity index (χ1v) is 9.89. The summed E-state index contributed by atoms with van der Waals surface area (Å²) in [4.78, 5) is 0. The lowest BCUT2D eigenvalue weighted by atomic mass is 9.66.